The van der Waals surface area contributed by atoms with Gasteiger partial charge in [-0.3, -0.25) is 9.59 Å². The first-order valence-corrected chi connectivity index (χ1v) is 7.19. The zero-order valence-electron chi connectivity index (χ0n) is 12.0. The van der Waals surface area contributed by atoms with Crippen LogP contribution in [0, 0.1) is 5.92 Å². The summed E-state index contributed by atoms with van der Waals surface area (Å²) in [5, 5.41) is 9.23. The molecule has 1 aliphatic heterocycles. The Morgan fingerprint density at radius 2 is 1.90 bits per heavy atom. The van der Waals surface area contributed by atoms with E-state index in [1.54, 1.807) is 11.9 Å². The van der Waals surface area contributed by atoms with E-state index in [1.807, 2.05) is 30.3 Å². The van der Waals surface area contributed by atoms with E-state index in [0.29, 0.717) is 6.61 Å². The minimum absolute atomic E-state index is 0.00968. The topological polar surface area (TPSA) is 66.8 Å². The number of carbonyl (C=O) groups excluding carboxylic acids is 1. The summed E-state index contributed by atoms with van der Waals surface area (Å²) in [5.41, 5.74) is 0.564. The lowest BCUT2D eigenvalue weighted by atomic mass is 9.92. The Bertz CT molecular complexity index is 553. The number of hydrogen-bond acceptors (Lipinski definition) is 3. The molecule has 5 nitrogen and oxygen atoms in total. The molecule has 1 aliphatic carbocycles. The van der Waals surface area contributed by atoms with E-state index >= 15 is 0 Å². The van der Waals surface area contributed by atoms with Gasteiger partial charge in [0.1, 0.15) is 5.92 Å². The lowest BCUT2D eigenvalue weighted by molar-refractivity contribution is -0.145. The van der Waals surface area contributed by atoms with Crippen molar-refractivity contribution in [2.24, 2.45) is 5.92 Å². The maximum absolute atomic E-state index is 12.9. The lowest BCUT2D eigenvalue weighted by Crippen LogP contribution is -2.48. The molecule has 1 N–H and O–H groups in total. The van der Waals surface area contributed by atoms with Crippen molar-refractivity contribution >= 4 is 11.9 Å². The van der Waals surface area contributed by atoms with Gasteiger partial charge < -0.3 is 14.7 Å². The Labute approximate surface area is 123 Å². The highest BCUT2D eigenvalue weighted by atomic mass is 16.5. The van der Waals surface area contributed by atoms with Gasteiger partial charge in [-0.15, -0.1) is 0 Å². The Kier molecular flexibility index (Phi) is 3.45. The largest absolute Gasteiger partial charge is 0.481 e. The number of benzene rings is 1. The van der Waals surface area contributed by atoms with Crippen LogP contribution in [0.25, 0.3) is 0 Å². The minimum Gasteiger partial charge on any atom is -0.481 e. The van der Waals surface area contributed by atoms with E-state index in [-0.39, 0.29) is 18.6 Å². The van der Waals surface area contributed by atoms with Crippen LogP contribution in [0.4, 0.5) is 0 Å². The number of ether oxygens (including phenoxy) is 1. The highest BCUT2D eigenvalue weighted by Gasteiger charge is 2.54. The molecule has 2 unspecified atom stereocenters. The third-order valence-electron chi connectivity index (χ3n) is 4.67. The first-order valence-electron chi connectivity index (χ1n) is 7.19. The van der Waals surface area contributed by atoms with Crippen molar-refractivity contribution in [1.29, 1.82) is 0 Å². The summed E-state index contributed by atoms with van der Waals surface area (Å²) in [6.45, 7) is 0.472. The van der Waals surface area contributed by atoms with Crippen molar-refractivity contribution < 1.29 is 19.4 Å². The van der Waals surface area contributed by atoms with E-state index in [0.717, 1.165) is 18.4 Å². The Balaban J connectivity index is 1.81. The quantitative estimate of drug-likeness (QED) is 0.906. The van der Waals surface area contributed by atoms with E-state index in [9.17, 15) is 14.7 Å². The van der Waals surface area contributed by atoms with E-state index in [4.69, 9.17) is 4.74 Å². The monoisotopic (exact) mass is 289 g/mol. The van der Waals surface area contributed by atoms with Crippen molar-refractivity contribution in [3.63, 3.8) is 0 Å². The lowest BCUT2D eigenvalue weighted by Gasteiger charge is -2.30. The van der Waals surface area contributed by atoms with Crippen molar-refractivity contribution in [2.45, 2.75) is 24.3 Å². The average Bonchev–Trinajstić information content (AvgIpc) is 3.16. The van der Waals surface area contributed by atoms with Gasteiger partial charge in [0.2, 0.25) is 5.91 Å². The summed E-state index contributed by atoms with van der Waals surface area (Å²) in [6, 6.07) is 9.36. The van der Waals surface area contributed by atoms with E-state index < -0.39 is 17.3 Å². The van der Waals surface area contributed by atoms with E-state index in [2.05, 4.69) is 0 Å². The average molecular weight is 289 g/mol. The second kappa shape index (κ2) is 5.15. The fourth-order valence-electron chi connectivity index (χ4n) is 3.16. The van der Waals surface area contributed by atoms with Gasteiger partial charge in [0.15, 0.2) is 0 Å². The Morgan fingerprint density at radius 1 is 1.24 bits per heavy atom. The number of hydrogen-bond donors (Lipinski definition) is 1. The summed E-state index contributed by atoms with van der Waals surface area (Å²) < 4.78 is 5.27. The fourth-order valence-corrected chi connectivity index (χ4v) is 3.16. The molecular weight excluding hydrogens is 270 g/mol. The molecule has 0 spiro atoms. The summed E-state index contributed by atoms with van der Waals surface area (Å²) in [5.74, 6) is -1.53. The molecular formula is C16H19NO4. The molecule has 2 atom stereocenters. The number of nitrogens with zero attached hydrogens (tertiary/aromatic N) is 1. The molecule has 1 amide bonds. The van der Waals surface area contributed by atoms with Gasteiger partial charge in [0.05, 0.1) is 24.7 Å². The van der Waals surface area contributed by atoms with Crippen molar-refractivity contribution in [1.82, 2.24) is 4.90 Å². The van der Waals surface area contributed by atoms with Gasteiger partial charge in [0, 0.05) is 7.05 Å². The van der Waals surface area contributed by atoms with Crippen molar-refractivity contribution in [2.75, 3.05) is 20.3 Å². The first-order chi connectivity index (χ1) is 10.1. The zero-order chi connectivity index (χ0) is 15.0. The SMILES string of the molecule is CN(C(=O)C1(c2ccccc2)CC1)C1COCC1C(=O)O. The predicted molar refractivity (Wildman–Crippen MR) is 75.9 cm³/mol. The van der Waals surface area contributed by atoms with Crippen LogP contribution < -0.4 is 0 Å². The molecule has 21 heavy (non-hydrogen) atoms. The van der Waals surface area contributed by atoms with Gasteiger partial charge in [0.25, 0.3) is 0 Å². The summed E-state index contributed by atoms with van der Waals surface area (Å²) >= 11 is 0. The number of carboxylic acid groups (broad SMARTS) is 1. The number of aliphatic carboxylic acids is 1. The van der Waals surface area contributed by atoms with Crippen molar-refractivity contribution in [3.8, 4) is 0 Å². The zero-order valence-corrected chi connectivity index (χ0v) is 12.0. The molecule has 0 bridgehead atoms. The van der Waals surface area contributed by atoms with Crippen LogP contribution in [-0.2, 0) is 19.7 Å². The molecule has 0 radical (unpaired) electrons. The summed E-state index contributed by atoms with van der Waals surface area (Å²) in [4.78, 5) is 25.7. The second-order valence-electron chi connectivity index (χ2n) is 5.91. The molecule has 0 aromatic heterocycles. The molecule has 1 saturated carbocycles. The number of amides is 1. The van der Waals surface area contributed by atoms with Crippen LogP contribution in [-0.4, -0.2) is 48.2 Å². The van der Waals surface area contributed by atoms with Crippen LogP contribution in [0.5, 0.6) is 0 Å². The van der Waals surface area contributed by atoms with Crippen LogP contribution in [0.3, 0.4) is 0 Å². The highest BCUT2D eigenvalue weighted by Crippen LogP contribution is 2.49. The van der Waals surface area contributed by atoms with Gasteiger partial charge in [-0.1, -0.05) is 30.3 Å². The van der Waals surface area contributed by atoms with Crippen LogP contribution in [0.2, 0.25) is 0 Å². The molecule has 5 heteroatoms. The predicted octanol–water partition coefficient (Wildman–Crippen LogP) is 1.28. The number of carboxylic acids is 1. The van der Waals surface area contributed by atoms with E-state index in [1.165, 1.54) is 0 Å². The molecule has 3 rings (SSSR count). The van der Waals surface area contributed by atoms with Gasteiger partial charge in [-0.2, -0.15) is 0 Å². The van der Waals surface area contributed by atoms with Crippen LogP contribution in [0.1, 0.15) is 18.4 Å². The Hall–Kier alpha value is -1.88. The standard InChI is InChI=1S/C16H19NO4/c1-17(13-10-21-9-12(13)14(18)19)15(20)16(7-8-16)11-5-3-2-4-6-11/h2-6,12-13H,7-10H2,1H3,(H,18,19). The van der Waals surface area contributed by atoms with Crippen molar-refractivity contribution in [3.05, 3.63) is 35.9 Å². The molecule has 1 heterocycles. The third-order valence-corrected chi connectivity index (χ3v) is 4.67. The fraction of sp³-hybridized carbons (Fsp3) is 0.500. The van der Waals surface area contributed by atoms with Crippen LogP contribution in [0.15, 0.2) is 30.3 Å². The molecule has 2 fully saturated rings. The molecule has 1 aromatic carbocycles. The highest BCUT2D eigenvalue weighted by molar-refractivity contribution is 5.91. The molecule has 2 aliphatic rings. The molecule has 112 valence electrons. The number of rotatable bonds is 4. The maximum Gasteiger partial charge on any atom is 0.311 e. The van der Waals surface area contributed by atoms with Gasteiger partial charge in [-0.05, 0) is 18.4 Å². The smallest absolute Gasteiger partial charge is 0.311 e. The molecule has 1 saturated heterocycles. The summed E-state index contributed by atoms with van der Waals surface area (Å²) in [6.07, 6.45) is 1.65. The normalized spacial score (nSPS) is 26.3. The van der Waals surface area contributed by atoms with Crippen LogP contribution >= 0.6 is 0 Å². The number of likely N-dealkylation sites (N-methyl/N-ethyl adjacent to an activating group) is 1. The summed E-state index contributed by atoms with van der Waals surface area (Å²) in [7, 11) is 1.70. The Morgan fingerprint density at radius 3 is 2.48 bits per heavy atom. The third kappa shape index (κ3) is 2.31. The van der Waals surface area contributed by atoms with Gasteiger partial charge in [-0.25, -0.2) is 0 Å². The van der Waals surface area contributed by atoms with Gasteiger partial charge >= 0.3 is 5.97 Å². The molecule has 1 aromatic rings. The maximum atomic E-state index is 12.9. The minimum atomic E-state index is -0.901. The second-order valence-corrected chi connectivity index (χ2v) is 5.91. The number of carbonyl (C=O) groups is 2. The first kappa shape index (κ1) is 14.1.